The summed E-state index contributed by atoms with van der Waals surface area (Å²) in [4.78, 5) is 21.7. The summed E-state index contributed by atoms with van der Waals surface area (Å²) in [6.45, 7) is 3.85. The predicted octanol–water partition coefficient (Wildman–Crippen LogP) is 4.31. The average molecular weight is 452 g/mol. The molecule has 0 bridgehead atoms. The second-order valence-electron chi connectivity index (χ2n) is 8.52. The van der Waals surface area contributed by atoms with Crippen molar-refractivity contribution in [2.24, 2.45) is 0 Å². The molecule has 34 heavy (non-hydrogen) atoms. The molecule has 4 aromatic heterocycles. The summed E-state index contributed by atoms with van der Waals surface area (Å²) in [6, 6.07) is 12.3. The molecule has 1 saturated heterocycles. The van der Waals surface area contributed by atoms with Crippen molar-refractivity contribution in [1.82, 2.24) is 34.8 Å². The first kappa shape index (κ1) is 20.6. The van der Waals surface area contributed by atoms with E-state index in [2.05, 4.69) is 38.5 Å². The number of hydrogen-bond acceptors (Lipinski definition) is 6. The zero-order chi connectivity index (χ0) is 22.9. The van der Waals surface area contributed by atoms with E-state index in [9.17, 15) is 0 Å². The number of nitrogens with one attached hydrogen (secondary N) is 2. The number of aryl methyl sites for hydroxylation is 1. The van der Waals surface area contributed by atoms with Crippen molar-refractivity contribution < 1.29 is 4.74 Å². The van der Waals surface area contributed by atoms with Gasteiger partial charge in [0.25, 0.3) is 0 Å². The minimum Gasteiger partial charge on any atom is -0.472 e. The Bertz CT molecular complexity index is 1450. The number of aromatic amines is 1. The van der Waals surface area contributed by atoms with E-state index in [1.54, 1.807) is 18.6 Å². The van der Waals surface area contributed by atoms with Crippen LogP contribution < -0.4 is 10.1 Å². The number of benzene rings is 1. The van der Waals surface area contributed by atoms with E-state index in [0.29, 0.717) is 5.88 Å². The standard InChI is InChI=1S/C26H25N7O/c1-17-29-10-11-33(17)25-6-2-5-22(31-25)18-7-8-23-20(12-18)21(14-30-23)24-15-28-16-26(32-24)34-19-4-3-9-27-13-19/h2,5-8,10-12,14-16,19,27,30H,3-4,9,13H2,1H3/t19-/m1/s1. The highest BCUT2D eigenvalue weighted by Crippen LogP contribution is 2.31. The van der Waals surface area contributed by atoms with Crippen LogP contribution in [0.25, 0.3) is 39.2 Å². The third-order valence-corrected chi connectivity index (χ3v) is 6.21. The van der Waals surface area contributed by atoms with Gasteiger partial charge in [0, 0.05) is 47.2 Å². The van der Waals surface area contributed by atoms with Crippen molar-refractivity contribution >= 4 is 10.9 Å². The zero-order valence-corrected chi connectivity index (χ0v) is 18.9. The highest BCUT2D eigenvalue weighted by molar-refractivity contribution is 5.96. The molecule has 0 unspecified atom stereocenters. The smallest absolute Gasteiger partial charge is 0.233 e. The summed E-state index contributed by atoms with van der Waals surface area (Å²) in [7, 11) is 0. The van der Waals surface area contributed by atoms with Crippen LogP contribution in [0, 0.1) is 6.92 Å². The maximum absolute atomic E-state index is 6.09. The molecule has 1 aliphatic rings. The van der Waals surface area contributed by atoms with Crippen LogP contribution in [0.5, 0.6) is 5.88 Å². The molecule has 1 atom stereocenters. The molecular weight excluding hydrogens is 426 g/mol. The van der Waals surface area contributed by atoms with Crippen LogP contribution in [-0.2, 0) is 0 Å². The Kier molecular flexibility index (Phi) is 5.27. The molecule has 2 N–H and O–H groups in total. The molecular formula is C26H25N7O. The van der Waals surface area contributed by atoms with Crippen LogP contribution in [0.2, 0.25) is 0 Å². The Balaban J connectivity index is 1.35. The Labute approximate surface area is 197 Å². The molecule has 1 aromatic carbocycles. The summed E-state index contributed by atoms with van der Waals surface area (Å²) >= 11 is 0. The molecule has 6 rings (SSSR count). The SMILES string of the molecule is Cc1nccn1-c1cccc(-c2ccc3[nH]cc(-c4cncc(O[C@@H]5CCCNC5)n4)c3c2)n1. The van der Waals surface area contributed by atoms with Crippen LogP contribution in [0.15, 0.2) is 67.4 Å². The molecule has 1 aliphatic heterocycles. The summed E-state index contributed by atoms with van der Waals surface area (Å²) in [5.74, 6) is 2.30. The molecule has 0 saturated carbocycles. The van der Waals surface area contributed by atoms with Gasteiger partial charge in [-0.2, -0.15) is 0 Å². The summed E-state index contributed by atoms with van der Waals surface area (Å²) in [5, 5.41) is 4.43. The fraction of sp³-hybridized carbons (Fsp3) is 0.231. The third kappa shape index (κ3) is 3.92. The number of fused-ring (bicyclic) bond motifs is 1. The van der Waals surface area contributed by atoms with E-state index in [1.807, 2.05) is 42.1 Å². The molecule has 5 heterocycles. The zero-order valence-electron chi connectivity index (χ0n) is 18.9. The Hall–Kier alpha value is -4.04. The number of ether oxygens (including phenoxy) is 1. The lowest BCUT2D eigenvalue weighted by Crippen LogP contribution is -2.37. The molecule has 0 radical (unpaired) electrons. The molecule has 0 amide bonds. The Morgan fingerprint density at radius 3 is 2.91 bits per heavy atom. The minimum atomic E-state index is 0.130. The fourth-order valence-corrected chi connectivity index (χ4v) is 4.46. The maximum Gasteiger partial charge on any atom is 0.233 e. The number of H-pyrrole nitrogens is 1. The average Bonchev–Trinajstić information content (AvgIpc) is 3.50. The molecule has 8 heteroatoms. The number of piperidine rings is 1. The van der Waals surface area contributed by atoms with Crippen molar-refractivity contribution in [2.75, 3.05) is 13.1 Å². The van der Waals surface area contributed by atoms with Gasteiger partial charge in [0.15, 0.2) is 0 Å². The lowest BCUT2D eigenvalue weighted by atomic mass is 10.1. The molecule has 8 nitrogen and oxygen atoms in total. The van der Waals surface area contributed by atoms with Crippen LogP contribution in [0.3, 0.4) is 0 Å². The van der Waals surface area contributed by atoms with Crippen molar-refractivity contribution in [3.05, 3.63) is 73.2 Å². The monoisotopic (exact) mass is 451 g/mol. The fourth-order valence-electron chi connectivity index (χ4n) is 4.46. The van der Waals surface area contributed by atoms with Gasteiger partial charge in [-0.3, -0.25) is 9.55 Å². The van der Waals surface area contributed by atoms with Gasteiger partial charge in [-0.1, -0.05) is 12.1 Å². The first-order valence-electron chi connectivity index (χ1n) is 11.5. The molecule has 1 fully saturated rings. The van der Waals surface area contributed by atoms with Gasteiger partial charge < -0.3 is 15.0 Å². The Morgan fingerprint density at radius 1 is 1.09 bits per heavy atom. The first-order chi connectivity index (χ1) is 16.7. The summed E-state index contributed by atoms with van der Waals surface area (Å²) in [6.07, 6.45) is 11.4. The molecule has 0 aliphatic carbocycles. The largest absolute Gasteiger partial charge is 0.472 e. The van der Waals surface area contributed by atoms with Crippen molar-refractivity contribution in [3.63, 3.8) is 0 Å². The van der Waals surface area contributed by atoms with Crippen molar-refractivity contribution in [2.45, 2.75) is 25.9 Å². The number of imidazole rings is 1. The molecule has 0 spiro atoms. The lowest BCUT2D eigenvalue weighted by molar-refractivity contribution is 0.160. The van der Waals surface area contributed by atoms with Crippen LogP contribution in [0.1, 0.15) is 18.7 Å². The first-order valence-corrected chi connectivity index (χ1v) is 11.5. The van der Waals surface area contributed by atoms with Gasteiger partial charge in [-0.25, -0.2) is 15.0 Å². The Morgan fingerprint density at radius 2 is 2.06 bits per heavy atom. The van der Waals surface area contributed by atoms with Gasteiger partial charge in [-0.05, 0) is 50.6 Å². The van der Waals surface area contributed by atoms with E-state index in [0.717, 1.165) is 71.0 Å². The molecule has 170 valence electrons. The number of rotatable bonds is 5. The molecule has 5 aromatic rings. The van der Waals surface area contributed by atoms with E-state index < -0.39 is 0 Å². The highest BCUT2D eigenvalue weighted by atomic mass is 16.5. The highest BCUT2D eigenvalue weighted by Gasteiger charge is 2.16. The number of pyridine rings is 1. The summed E-state index contributed by atoms with van der Waals surface area (Å²) in [5.41, 5.74) is 4.72. The van der Waals surface area contributed by atoms with Crippen LogP contribution in [-0.4, -0.2) is 48.7 Å². The number of nitrogens with zero attached hydrogens (tertiary/aromatic N) is 5. The van der Waals surface area contributed by atoms with Gasteiger partial charge >= 0.3 is 0 Å². The van der Waals surface area contributed by atoms with E-state index in [1.165, 1.54) is 0 Å². The quantitative estimate of drug-likeness (QED) is 0.414. The minimum absolute atomic E-state index is 0.130. The normalized spacial score (nSPS) is 16.1. The van der Waals surface area contributed by atoms with Crippen LogP contribution >= 0.6 is 0 Å². The predicted molar refractivity (Wildman–Crippen MR) is 131 cm³/mol. The van der Waals surface area contributed by atoms with Crippen LogP contribution in [0.4, 0.5) is 0 Å². The van der Waals surface area contributed by atoms with E-state index in [-0.39, 0.29) is 6.10 Å². The van der Waals surface area contributed by atoms with Gasteiger partial charge in [0.05, 0.1) is 23.8 Å². The lowest BCUT2D eigenvalue weighted by Gasteiger charge is -2.23. The van der Waals surface area contributed by atoms with Gasteiger partial charge in [-0.15, -0.1) is 0 Å². The van der Waals surface area contributed by atoms with E-state index in [4.69, 9.17) is 14.7 Å². The number of hydrogen-bond donors (Lipinski definition) is 2. The van der Waals surface area contributed by atoms with E-state index >= 15 is 0 Å². The summed E-state index contributed by atoms with van der Waals surface area (Å²) < 4.78 is 8.07. The van der Waals surface area contributed by atoms with Gasteiger partial charge in [0.1, 0.15) is 17.7 Å². The third-order valence-electron chi connectivity index (χ3n) is 6.21. The van der Waals surface area contributed by atoms with Crippen molar-refractivity contribution in [3.8, 4) is 34.2 Å². The van der Waals surface area contributed by atoms with Gasteiger partial charge in [0.2, 0.25) is 5.88 Å². The number of aromatic nitrogens is 6. The van der Waals surface area contributed by atoms with Crippen molar-refractivity contribution in [1.29, 1.82) is 0 Å². The second kappa shape index (κ2) is 8.72. The topological polar surface area (TPSA) is 93.5 Å². The second-order valence-corrected chi connectivity index (χ2v) is 8.52. The maximum atomic E-state index is 6.09.